The first kappa shape index (κ1) is 12.8. The number of aliphatic hydroxyl groups is 1. The molecule has 0 aliphatic heterocycles. The van der Waals surface area contributed by atoms with Crippen LogP contribution in [-0.2, 0) is 0 Å². The fourth-order valence-corrected chi connectivity index (χ4v) is 2.21. The van der Waals surface area contributed by atoms with Crippen LogP contribution in [0.4, 0.5) is 4.39 Å². The Morgan fingerprint density at radius 3 is 2.35 bits per heavy atom. The zero-order valence-electron chi connectivity index (χ0n) is 8.70. The van der Waals surface area contributed by atoms with E-state index in [4.69, 9.17) is 11.6 Å². The normalized spacial score (nSPS) is 12.5. The summed E-state index contributed by atoms with van der Waals surface area (Å²) in [7, 11) is 0. The number of hydrogen-bond acceptors (Lipinski definition) is 1. The van der Waals surface area contributed by atoms with Crippen molar-refractivity contribution < 1.29 is 9.50 Å². The van der Waals surface area contributed by atoms with Gasteiger partial charge in [-0.15, -0.1) is 0 Å². The van der Waals surface area contributed by atoms with E-state index in [0.717, 1.165) is 3.57 Å². The Balaban J connectivity index is 2.43. The first-order chi connectivity index (χ1) is 8.09. The lowest BCUT2D eigenvalue weighted by Gasteiger charge is -2.14. The van der Waals surface area contributed by atoms with Gasteiger partial charge < -0.3 is 5.11 Å². The van der Waals surface area contributed by atoms with Crippen molar-refractivity contribution in [3.05, 3.63) is 68.0 Å². The molecule has 1 N–H and O–H groups in total. The molecule has 88 valence electrons. The van der Waals surface area contributed by atoms with Crippen molar-refractivity contribution in [2.75, 3.05) is 0 Å². The Kier molecular flexibility index (Phi) is 4.01. The van der Waals surface area contributed by atoms with Gasteiger partial charge >= 0.3 is 0 Å². The second-order valence-corrected chi connectivity index (χ2v) is 5.24. The third-order valence-electron chi connectivity index (χ3n) is 2.46. The first-order valence-electron chi connectivity index (χ1n) is 4.97. The van der Waals surface area contributed by atoms with Crippen LogP contribution in [0.1, 0.15) is 17.2 Å². The van der Waals surface area contributed by atoms with Crippen LogP contribution in [0.15, 0.2) is 42.5 Å². The maximum atomic E-state index is 13.6. The van der Waals surface area contributed by atoms with Gasteiger partial charge in [0.05, 0.1) is 0 Å². The van der Waals surface area contributed by atoms with Crippen LogP contribution in [0.5, 0.6) is 0 Å². The summed E-state index contributed by atoms with van der Waals surface area (Å²) in [6.45, 7) is 0. The predicted octanol–water partition coefficient (Wildman–Crippen LogP) is 4.17. The number of benzene rings is 2. The summed E-state index contributed by atoms with van der Waals surface area (Å²) in [6, 6.07) is 11.6. The van der Waals surface area contributed by atoms with Crippen molar-refractivity contribution in [1.82, 2.24) is 0 Å². The van der Waals surface area contributed by atoms with Gasteiger partial charge in [0.25, 0.3) is 0 Å². The van der Waals surface area contributed by atoms with E-state index < -0.39 is 11.9 Å². The molecule has 1 unspecified atom stereocenters. The Labute approximate surface area is 117 Å². The minimum Gasteiger partial charge on any atom is -0.383 e. The van der Waals surface area contributed by atoms with Gasteiger partial charge in [-0.1, -0.05) is 29.8 Å². The summed E-state index contributed by atoms with van der Waals surface area (Å²) in [5, 5.41) is 10.3. The fraction of sp³-hybridized carbons (Fsp3) is 0.0769. The van der Waals surface area contributed by atoms with Crippen LogP contribution < -0.4 is 0 Å². The fourth-order valence-electron chi connectivity index (χ4n) is 1.58. The molecule has 0 spiro atoms. The van der Waals surface area contributed by atoms with Gasteiger partial charge in [-0.25, -0.2) is 4.39 Å². The molecule has 1 nitrogen and oxygen atoms in total. The maximum Gasteiger partial charge on any atom is 0.130 e. The predicted molar refractivity (Wildman–Crippen MR) is 74.6 cm³/mol. The van der Waals surface area contributed by atoms with Crippen LogP contribution >= 0.6 is 34.2 Å². The molecule has 0 saturated carbocycles. The maximum absolute atomic E-state index is 13.6. The molecule has 0 heterocycles. The number of halogens is 3. The highest BCUT2D eigenvalue weighted by Gasteiger charge is 2.17. The molecular weight excluding hydrogens is 353 g/mol. The van der Waals surface area contributed by atoms with Crippen LogP contribution in [0.25, 0.3) is 0 Å². The summed E-state index contributed by atoms with van der Waals surface area (Å²) in [4.78, 5) is 0. The van der Waals surface area contributed by atoms with Gasteiger partial charge in [-0.2, -0.15) is 0 Å². The van der Waals surface area contributed by atoms with Gasteiger partial charge in [0.2, 0.25) is 0 Å². The second kappa shape index (κ2) is 5.33. The van der Waals surface area contributed by atoms with Crippen LogP contribution in [0.3, 0.4) is 0 Å². The summed E-state index contributed by atoms with van der Waals surface area (Å²) < 4.78 is 14.7. The lowest BCUT2D eigenvalue weighted by Crippen LogP contribution is -2.03. The smallest absolute Gasteiger partial charge is 0.130 e. The first-order valence-corrected chi connectivity index (χ1v) is 6.42. The van der Waals surface area contributed by atoms with E-state index in [0.29, 0.717) is 5.56 Å². The van der Waals surface area contributed by atoms with Crippen LogP contribution in [0, 0.1) is 9.39 Å². The molecular formula is C13H9ClFIO. The summed E-state index contributed by atoms with van der Waals surface area (Å²) in [6.07, 6.45) is -1.04. The van der Waals surface area contributed by atoms with Gasteiger partial charge in [0, 0.05) is 14.2 Å². The van der Waals surface area contributed by atoms with Gasteiger partial charge in [0.1, 0.15) is 11.9 Å². The lowest BCUT2D eigenvalue weighted by atomic mass is 10.0. The third-order valence-corrected chi connectivity index (χ3v) is 3.51. The highest BCUT2D eigenvalue weighted by atomic mass is 127. The van der Waals surface area contributed by atoms with Crippen molar-refractivity contribution in [2.24, 2.45) is 0 Å². The number of aliphatic hydroxyl groups excluding tert-OH is 1. The minimum absolute atomic E-state index is 0.121. The van der Waals surface area contributed by atoms with Crippen LogP contribution in [-0.4, -0.2) is 5.11 Å². The molecule has 0 bridgehead atoms. The molecule has 0 amide bonds. The molecule has 2 aromatic carbocycles. The summed E-state index contributed by atoms with van der Waals surface area (Å²) >= 11 is 8.07. The molecule has 0 aromatic heterocycles. The summed E-state index contributed by atoms with van der Waals surface area (Å²) in [5.74, 6) is -0.497. The Bertz CT molecular complexity index is 507. The molecule has 0 radical (unpaired) electrons. The average molecular weight is 363 g/mol. The van der Waals surface area contributed by atoms with E-state index in [9.17, 15) is 9.50 Å². The molecule has 2 aromatic rings. The number of rotatable bonds is 2. The standard InChI is InChI=1S/C13H9ClFIO/c14-10-2-1-3-11(15)12(10)13(17)8-4-6-9(16)7-5-8/h1-7,13,17H. The molecule has 0 saturated heterocycles. The molecule has 0 aliphatic rings. The van der Waals surface area contributed by atoms with Crippen molar-refractivity contribution in [1.29, 1.82) is 0 Å². The Morgan fingerprint density at radius 1 is 1.12 bits per heavy atom. The van der Waals surface area contributed by atoms with Gasteiger partial charge in [-0.05, 0) is 52.4 Å². The molecule has 2 rings (SSSR count). The van der Waals surface area contributed by atoms with Crippen molar-refractivity contribution in [2.45, 2.75) is 6.10 Å². The van der Waals surface area contributed by atoms with Crippen molar-refractivity contribution in [3.63, 3.8) is 0 Å². The second-order valence-electron chi connectivity index (χ2n) is 3.59. The zero-order valence-corrected chi connectivity index (χ0v) is 11.6. The monoisotopic (exact) mass is 362 g/mol. The van der Waals surface area contributed by atoms with Gasteiger partial charge in [-0.3, -0.25) is 0 Å². The highest BCUT2D eigenvalue weighted by Crippen LogP contribution is 2.30. The number of hydrogen-bond donors (Lipinski definition) is 1. The molecule has 1 atom stereocenters. The molecule has 0 fully saturated rings. The van der Waals surface area contributed by atoms with E-state index >= 15 is 0 Å². The largest absolute Gasteiger partial charge is 0.383 e. The molecule has 0 aliphatic carbocycles. The SMILES string of the molecule is OC(c1ccc(I)cc1)c1c(F)cccc1Cl. The Hall–Kier alpha value is -0.650. The third kappa shape index (κ3) is 2.78. The molecule has 4 heteroatoms. The van der Waals surface area contributed by atoms with Crippen LogP contribution in [0.2, 0.25) is 5.02 Å². The highest BCUT2D eigenvalue weighted by molar-refractivity contribution is 14.1. The Morgan fingerprint density at radius 2 is 1.76 bits per heavy atom. The average Bonchev–Trinajstić information content (AvgIpc) is 2.29. The zero-order chi connectivity index (χ0) is 12.4. The van der Waals surface area contributed by atoms with E-state index in [-0.39, 0.29) is 10.6 Å². The van der Waals surface area contributed by atoms with E-state index in [1.165, 1.54) is 12.1 Å². The quantitative estimate of drug-likeness (QED) is 0.795. The van der Waals surface area contributed by atoms with Gasteiger partial charge in [0.15, 0.2) is 0 Å². The van der Waals surface area contributed by atoms with E-state index in [1.54, 1.807) is 18.2 Å². The molecule has 17 heavy (non-hydrogen) atoms. The van der Waals surface area contributed by atoms with E-state index in [1.807, 2.05) is 12.1 Å². The minimum atomic E-state index is -1.04. The van der Waals surface area contributed by atoms with Crippen molar-refractivity contribution in [3.8, 4) is 0 Å². The van der Waals surface area contributed by atoms with E-state index in [2.05, 4.69) is 22.6 Å². The van der Waals surface area contributed by atoms with Crippen molar-refractivity contribution >= 4 is 34.2 Å². The summed E-state index contributed by atoms with van der Waals surface area (Å²) in [5.41, 5.74) is 0.743. The lowest BCUT2D eigenvalue weighted by molar-refractivity contribution is 0.215. The topological polar surface area (TPSA) is 20.2 Å².